The second kappa shape index (κ2) is 6.64. The van der Waals surface area contributed by atoms with E-state index in [0.717, 1.165) is 36.4 Å². The third-order valence-corrected chi connectivity index (χ3v) is 3.76. The molecular weight excluding hydrogens is 254 g/mol. The molecule has 2 rings (SSSR count). The summed E-state index contributed by atoms with van der Waals surface area (Å²) in [7, 11) is 3.50. The molecule has 1 atom stereocenters. The minimum atomic E-state index is 0.208. The molecule has 1 aromatic rings. The van der Waals surface area contributed by atoms with Crippen molar-refractivity contribution in [1.29, 1.82) is 0 Å². The maximum Gasteiger partial charge on any atom is 0.223 e. The van der Waals surface area contributed by atoms with Crippen molar-refractivity contribution in [2.24, 2.45) is 0 Å². The first-order chi connectivity index (χ1) is 9.65. The number of hydrogen-bond acceptors (Lipinski definition) is 3. The number of benzene rings is 1. The maximum absolute atomic E-state index is 11.6. The van der Waals surface area contributed by atoms with Crippen molar-refractivity contribution in [1.82, 2.24) is 4.90 Å². The first-order valence-corrected chi connectivity index (χ1v) is 7.20. The molecule has 0 saturated carbocycles. The van der Waals surface area contributed by atoms with Gasteiger partial charge in [-0.15, -0.1) is 0 Å². The predicted molar refractivity (Wildman–Crippen MR) is 78.4 cm³/mol. The van der Waals surface area contributed by atoms with Gasteiger partial charge in [-0.05, 0) is 24.1 Å². The molecule has 1 heterocycles. The van der Waals surface area contributed by atoms with Crippen LogP contribution < -0.4 is 9.47 Å². The van der Waals surface area contributed by atoms with Crippen molar-refractivity contribution in [2.75, 3.05) is 27.3 Å². The zero-order valence-corrected chi connectivity index (χ0v) is 12.5. The van der Waals surface area contributed by atoms with E-state index in [4.69, 9.17) is 9.47 Å². The van der Waals surface area contributed by atoms with Gasteiger partial charge in [-0.3, -0.25) is 4.79 Å². The van der Waals surface area contributed by atoms with Crippen LogP contribution in [0, 0.1) is 0 Å². The highest BCUT2D eigenvalue weighted by molar-refractivity contribution is 5.79. The monoisotopic (exact) mass is 277 g/mol. The number of nitrogens with zero attached hydrogens (tertiary/aromatic N) is 1. The number of amides is 1. The second-order valence-electron chi connectivity index (χ2n) is 5.29. The molecule has 0 spiro atoms. The first kappa shape index (κ1) is 14.7. The van der Waals surface area contributed by atoms with Crippen LogP contribution in [0.5, 0.6) is 11.5 Å². The summed E-state index contributed by atoms with van der Waals surface area (Å²) < 4.78 is 11.1. The van der Waals surface area contributed by atoms with Crippen molar-refractivity contribution in [3.05, 3.63) is 23.8 Å². The van der Waals surface area contributed by atoms with E-state index in [1.807, 2.05) is 25.2 Å². The molecule has 1 saturated heterocycles. The number of carbonyl (C=O) groups excluding carboxylic acids is 1. The van der Waals surface area contributed by atoms with E-state index in [-0.39, 0.29) is 11.8 Å². The molecule has 0 aromatic heterocycles. The van der Waals surface area contributed by atoms with E-state index in [1.165, 1.54) is 0 Å². The summed E-state index contributed by atoms with van der Waals surface area (Å²) in [6.45, 7) is 3.61. The first-order valence-electron chi connectivity index (χ1n) is 7.20. The predicted octanol–water partition coefficient (Wildman–Crippen LogP) is 2.82. The van der Waals surface area contributed by atoms with Crippen LogP contribution in [0.3, 0.4) is 0 Å². The number of likely N-dealkylation sites (N-methyl/N-ethyl adjacent to an activating group) is 1. The van der Waals surface area contributed by atoms with Crippen molar-refractivity contribution in [3.63, 3.8) is 0 Å². The lowest BCUT2D eigenvalue weighted by Gasteiger charge is -2.15. The number of carbonyl (C=O) groups is 1. The molecule has 110 valence electrons. The van der Waals surface area contributed by atoms with Crippen LogP contribution in [-0.4, -0.2) is 38.1 Å². The average molecular weight is 277 g/mol. The smallest absolute Gasteiger partial charge is 0.223 e. The summed E-state index contributed by atoms with van der Waals surface area (Å²) in [5, 5.41) is 0. The summed E-state index contributed by atoms with van der Waals surface area (Å²) >= 11 is 0. The average Bonchev–Trinajstić information content (AvgIpc) is 2.79. The van der Waals surface area contributed by atoms with Gasteiger partial charge >= 0.3 is 0 Å². The lowest BCUT2D eigenvalue weighted by Crippen LogP contribution is -2.18. The maximum atomic E-state index is 11.6. The minimum Gasteiger partial charge on any atom is -0.493 e. The molecule has 1 aliphatic heterocycles. The number of ether oxygens (including phenoxy) is 2. The van der Waals surface area contributed by atoms with Gasteiger partial charge in [-0.2, -0.15) is 0 Å². The van der Waals surface area contributed by atoms with Gasteiger partial charge in [-0.1, -0.05) is 19.4 Å². The van der Waals surface area contributed by atoms with Crippen LogP contribution >= 0.6 is 0 Å². The van der Waals surface area contributed by atoms with E-state index < -0.39 is 0 Å². The van der Waals surface area contributed by atoms with Crippen LogP contribution in [0.25, 0.3) is 0 Å². The summed E-state index contributed by atoms with van der Waals surface area (Å²) in [6.07, 6.45) is 2.71. The molecule has 0 radical (unpaired) electrons. The standard InChI is InChI=1S/C16H23NO3/c1-4-5-8-20-15-9-12(6-7-14(15)19-3)13-10-16(18)17(2)11-13/h6-7,9,13H,4-5,8,10-11H2,1-3H3. The van der Waals surface area contributed by atoms with Gasteiger partial charge in [0.25, 0.3) is 0 Å². The van der Waals surface area contributed by atoms with E-state index in [2.05, 4.69) is 6.92 Å². The summed E-state index contributed by atoms with van der Waals surface area (Å²) in [5.41, 5.74) is 1.15. The van der Waals surface area contributed by atoms with Gasteiger partial charge in [0.2, 0.25) is 5.91 Å². The third-order valence-electron chi connectivity index (χ3n) is 3.76. The van der Waals surface area contributed by atoms with E-state index >= 15 is 0 Å². The molecule has 1 aromatic carbocycles. The van der Waals surface area contributed by atoms with Crippen molar-refractivity contribution >= 4 is 5.91 Å². The molecule has 4 nitrogen and oxygen atoms in total. The third kappa shape index (κ3) is 3.24. The topological polar surface area (TPSA) is 38.8 Å². The Morgan fingerprint density at radius 1 is 1.35 bits per heavy atom. The molecule has 0 aliphatic carbocycles. The van der Waals surface area contributed by atoms with Crippen LogP contribution in [-0.2, 0) is 4.79 Å². The zero-order chi connectivity index (χ0) is 14.5. The molecule has 1 fully saturated rings. The van der Waals surface area contributed by atoms with Crippen molar-refractivity contribution in [3.8, 4) is 11.5 Å². The van der Waals surface area contributed by atoms with Crippen molar-refractivity contribution in [2.45, 2.75) is 32.1 Å². The van der Waals surface area contributed by atoms with E-state index in [9.17, 15) is 4.79 Å². The van der Waals surface area contributed by atoms with Gasteiger partial charge in [0.1, 0.15) is 0 Å². The Morgan fingerprint density at radius 3 is 2.75 bits per heavy atom. The molecule has 0 N–H and O–H groups in total. The SMILES string of the molecule is CCCCOc1cc(C2CC(=O)N(C)C2)ccc1OC. The van der Waals surface area contributed by atoms with Crippen LogP contribution in [0.4, 0.5) is 0 Å². The fourth-order valence-corrected chi connectivity index (χ4v) is 2.47. The van der Waals surface area contributed by atoms with Gasteiger partial charge in [0, 0.05) is 25.9 Å². The highest BCUT2D eigenvalue weighted by Gasteiger charge is 2.28. The second-order valence-corrected chi connectivity index (χ2v) is 5.29. The molecule has 1 unspecified atom stereocenters. The molecule has 1 amide bonds. The number of unbranched alkanes of at least 4 members (excludes halogenated alkanes) is 1. The summed E-state index contributed by atoms with van der Waals surface area (Å²) in [6, 6.07) is 5.98. The Balaban J connectivity index is 2.14. The Morgan fingerprint density at radius 2 is 2.15 bits per heavy atom. The number of rotatable bonds is 6. The minimum absolute atomic E-state index is 0.208. The Kier molecular flexibility index (Phi) is 4.88. The quantitative estimate of drug-likeness (QED) is 0.751. The molecule has 20 heavy (non-hydrogen) atoms. The van der Waals surface area contributed by atoms with Crippen molar-refractivity contribution < 1.29 is 14.3 Å². The van der Waals surface area contributed by atoms with E-state index in [0.29, 0.717) is 13.0 Å². The molecule has 0 bridgehead atoms. The highest BCUT2D eigenvalue weighted by atomic mass is 16.5. The summed E-state index contributed by atoms with van der Waals surface area (Å²) in [5.74, 6) is 1.99. The molecule has 1 aliphatic rings. The summed E-state index contributed by atoms with van der Waals surface area (Å²) in [4.78, 5) is 13.4. The fourth-order valence-electron chi connectivity index (χ4n) is 2.47. The normalized spacial score (nSPS) is 18.4. The number of methoxy groups -OCH3 is 1. The lowest BCUT2D eigenvalue weighted by molar-refractivity contribution is -0.126. The van der Waals surface area contributed by atoms with Gasteiger partial charge in [-0.25, -0.2) is 0 Å². The van der Waals surface area contributed by atoms with Gasteiger partial charge in [0.15, 0.2) is 11.5 Å². The largest absolute Gasteiger partial charge is 0.493 e. The van der Waals surface area contributed by atoms with Crippen LogP contribution in [0.1, 0.15) is 37.7 Å². The van der Waals surface area contributed by atoms with Crippen LogP contribution in [0.2, 0.25) is 0 Å². The van der Waals surface area contributed by atoms with E-state index in [1.54, 1.807) is 12.0 Å². The Hall–Kier alpha value is -1.71. The van der Waals surface area contributed by atoms with Gasteiger partial charge < -0.3 is 14.4 Å². The molecule has 4 heteroatoms. The molecular formula is C16H23NO3. The fraction of sp³-hybridized carbons (Fsp3) is 0.562. The number of hydrogen-bond donors (Lipinski definition) is 0. The van der Waals surface area contributed by atoms with Crippen LogP contribution in [0.15, 0.2) is 18.2 Å². The van der Waals surface area contributed by atoms with Gasteiger partial charge in [0.05, 0.1) is 13.7 Å². The lowest BCUT2D eigenvalue weighted by atomic mass is 9.98. The Labute approximate surface area is 120 Å². The zero-order valence-electron chi connectivity index (χ0n) is 12.5. The Bertz CT molecular complexity index is 473. The number of likely N-dealkylation sites (tertiary alicyclic amines) is 1. The highest BCUT2D eigenvalue weighted by Crippen LogP contribution is 2.34.